The third-order valence-corrected chi connectivity index (χ3v) is 6.02. The summed E-state index contributed by atoms with van der Waals surface area (Å²) in [5, 5.41) is 1.07. The van der Waals surface area contributed by atoms with Crippen molar-refractivity contribution < 1.29 is 9.18 Å². The largest absolute Gasteiger partial charge is 0.361 e. The number of aromatic nitrogens is 1. The molecule has 0 aliphatic carbocycles. The van der Waals surface area contributed by atoms with E-state index in [4.69, 9.17) is 0 Å². The molecule has 4 rings (SSSR count). The fourth-order valence-electron chi connectivity index (χ4n) is 4.21. The number of amides is 1. The Labute approximate surface area is 171 Å². The van der Waals surface area contributed by atoms with Gasteiger partial charge in [0.15, 0.2) is 0 Å². The number of hydrogen-bond acceptors (Lipinski definition) is 2. The van der Waals surface area contributed by atoms with E-state index in [1.165, 1.54) is 17.7 Å². The van der Waals surface area contributed by atoms with Gasteiger partial charge in [0.25, 0.3) is 5.91 Å². The Balaban J connectivity index is 1.24. The first-order chi connectivity index (χ1) is 14.1. The number of halogens is 1. The average Bonchev–Trinajstić information content (AvgIpc) is 3.21. The number of hydrogen-bond donors (Lipinski definition) is 1. The highest BCUT2D eigenvalue weighted by Gasteiger charge is 2.22. The van der Waals surface area contributed by atoms with Gasteiger partial charge in [-0.05, 0) is 80.2 Å². The van der Waals surface area contributed by atoms with Crippen LogP contribution in [0.3, 0.4) is 0 Å². The molecule has 152 valence electrons. The molecule has 1 aliphatic heterocycles. The van der Waals surface area contributed by atoms with Gasteiger partial charge in [0, 0.05) is 42.8 Å². The van der Waals surface area contributed by atoms with Gasteiger partial charge in [-0.15, -0.1) is 0 Å². The van der Waals surface area contributed by atoms with E-state index in [0.717, 1.165) is 61.9 Å². The van der Waals surface area contributed by atoms with Crippen molar-refractivity contribution in [1.82, 2.24) is 14.8 Å². The second-order valence-corrected chi connectivity index (χ2v) is 8.13. The summed E-state index contributed by atoms with van der Waals surface area (Å²) in [7, 11) is 1.91. The van der Waals surface area contributed by atoms with Crippen LogP contribution in [0.5, 0.6) is 0 Å². The number of carbonyl (C=O) groups excluding carboxylic acids is 1. The summed E-state index contributed by atoms with van der Waals surface area (Å²) in [5.74, 6) is 0.454. The van der Waals surface area contributed by atoms with E-state index in [-0.39, 0.29) is 11.7 Å². The normalized spacial score (nSPS) is 15.7. The van der Waals surface area contributed by atoms with Crippen LogP contribution in [0.25, 0.3) is 10.9 Å². The Morgan fingerprint density at radius 3 is 2.66 bits per heavy atom. The molecule has 0 radical (unpaired) electrons. The van der Waals surface area contributed by atoms with E-state index in [9.17, 15) is 9.18 Å². The molecule has 1 N–H and O–H groups in total. The Kier molecular flexibility index (Phi) is 5.95. The molecule has 2 heterocycles. The highest BCUT2D eigenvalue weighted by atomic mass is 19.1. The number of aromatic amines is 1. The topological polar surface area (TPSA) is 39.3 Å². The molecule has 0 spiro atoms. The second-order valence-electron chi connectivity index (χ2n) is 8.13. The van der Waals surface area contributed by atoms with Crippen LogP contribution >= 0.6 is 0 Å². The lowest BCUT2D eigenvalue weighted by Crippen LogP contribution is -2.40. The van der Waals surface area contributed by atoms with Gasteiger partial charge < -0.3 is 14.8 Å². The molecule has 2 aromatic carbocycles. The Hall–Kier alpha value is -2.66. The van der Waals surface area contributed by atoms with Crippen molar-refractivity contribution in [2.24, 2.45) is 5.92 Å². The summed E-state index contributed by atoms with van der Waals surface area (Å²) < 4.78 is 13.0. The first-order valence-corrected chi connectivity index (χ1v) is 10.4. The summed E-state index contributed by atoms with van der Waals surface area (Å²) in [5.41, 5.74) is 2.98. The Morgan fingerprint density at radius 1 is 1.14 bits per heavy atom. The molecule has 1 amide bonds. The fourth-order valence-corrected chi connectivity index (χ4v) is 4.21. The quantitative estimate of drug-likeness (QED) is 0.677. The number of piperidine rings is 1. The van der Waals surface area contributed by atoms with Gasteiger partial charge in [0.05, 0.1) is 0 Å². The van der Waals surface area contributed by atoms with Gasteiger partial charge in [-0.2, -0.15) is 0 Å². The van der Waals surface area contributed by atoms with Crippen molar-refractivity contribution in [2.75, 3.05) is 33.2 Å². The highest BCUT2D eigenvalue weighted by molar-refractivity contribution is 5.97. The van der Waals surface area contributed by atoms with Crippen molar-refractivity contribution in [3.63, 3.8) is 0 Å². The first-order valence-electron chi connectivity index (χ1n) is 10.4. The smallest absolute Gasteiger partial charge is 0.253 e. The summed E-state index contributed by atoms with van der Waals surface area (Å²) >= 11 is 0. The maximum atomic E-state index is 13.0. The van der Waals surface area contributed by atoms with Gasteiger partial charge in [-0.25, -0.2) is 4.39 Å². The number of benzene rings is 2. The maximum absolute atomic E-state index is 13.0. The predicted octanol–water partition coefficient (Wildman–Crippen LogP) is 4.33. The fraction of sp³-hybridized carbons (Fsp3) is 0.375. The molecule has 4 nitrogen and oxygen atoms in total. The monoisotopic (exact) mass is 393 g/mol. The number of nitrogens with one attached hydrogen (secondary N) is 1. The second kappa shape index (κ2) is 8.78. The van der Waals surface area contributed by atoms with Crippen molar-refractivity contribution in [3.05, 3.63) is 71.7 Å². The van der Waals surface area contributed by atoms with Crippen LogP contribution in [-0.2, 0) is 6.42 Å². The third kappa shape index (κ3) is 4.85. The van der Waals surface area contributed by atoms with Crippen molar-refractivity contribution in [1.29, 1.82) is 0 Å². The number of rotatable bonds is 6. The Morgan fingerprint density at radius 2 is 1.90 bits per heavy atom. The SMILES string of the molecule is CN(CC1CCN(CCc2ccc(F)cc2)CC1)C(=O)c1ccc2[nH]ccc2c1. The summed E-state index contributed by atoms with van der Waals surface area (Å²) in [6.07, 6.45) is 5.06. The van der Waals surface area contributed by atoms with Crippen molar-refractivity contribution >= 4 is 16.8 Å². The number of nitrogens with zero attached hydrogens (tertiary/aromatic N) is 2. The van der Waals surface area contributed by atoms with Crippen LogP contribution in [-0.4, -0.2) is 53.9 Å². The molecule has 1 fully saturated rings. The van der Waals surface area contributed by atoms with Crippen molar-refractivity contribution in [3.8, 4) is 0 Å². The number of H-pyrrole nitrogens is 1. The van der Waals surface area contributed by atoms with Crippen molar-refractivity contribution in [2.45, 2.75) is 19.3 Å². The van der Waals surface area contributed by atoms with Gasteiger partial charge in [-0.3, -0.25) is 4.79 Å². The molecule has 1 aliphatic rings. The molecular weight excluding hydrogens is 365 g/mol. The molecule has 0 bridgehead atoms. The Bertz CT molecular complexity index is 958. The lowest BCUT2D eigenvalue weighted by molar-refractivity contribution is 0.0740. The zero-order valence-electron chi connectivity index (χ0n) is 16.9. The van der Waals surface area contributed by atoms with Crippen LogP contribution in [0, 0.1) is 11.7 Å². The molecule has 5 heteroatoms. The highest BCUT2D eigenvalue weighted by Crippen LogP contribution is 2.20. The third-order valence-electron chi connectivity index (χ3n) is 6.02. The number of likely N-dealkylation sites (tertiary alicyclic amines) is 1. The maximum Gasteiger partial charge on any atom is 0.253 e. The van der Waals surface area contributed by atoms with Gasteiger partial charge in [0.2, 0.25) is 0 Å². The zero-order valence-corrected chi connectivity index (χ0v) is 16.9. The molecule has 0 saturated carbocycles. The molecule has 29 heavy (non-hydrogen) atoms. The summed E-state index contributed by atoms with van der Waals surface area (Å²) in [6.45, 7) is 3.92. The van der Waals surface area contributed by atoms with E-state index < -0.39 is 0 Å². The van der Waals surface area contributed by atoms with Gasteiger partial charge in [-0.1, -0.05) is 12.1 Å². The predicted molar refractivity (Wildman–Crippen MR) is 115 cm³/mol. The lowest BCUT2D eigenvalue weighted by Gasteiger charge is -2.34. The summed E-state index contributed by atoms with van der Waals surface area (Å²) in [6, 6.07) is 14.6. The van der Waals surface area contributed by atoms with Gasteiger partial charge in [0.1, 0.15) is 5.82 Å². The number of fused-ring (bicyclic) bond motifs is 1. The van der Waals surface area contributed by atoms with E-state index >= 15 is 0 Å². The minimum Gasteiger partial charge on any atom is -0.361 e. The van der Waals surface area contributed by atoms with E-state index in [0.29, 0.717) is 5.92 Å². The minimum absolute atomic E-state index is 0.0897. The van der Waals surface area contributed by atoms with Gasteiger partial charge >= 0.3 is 0 Å². The standard InChI is InChI=1S/C24H28FN3O/c1-27(24(29)21-4-7-23-20(16-21)8-12-26-23)17-19-10-14-28(15-11-19)13-9-18-2-5-22(25)6-3-18/h2-8,12,16,19,26H,9-11,13-15,17H2,1H3. The minimum atomic E-state index is -0.179. The van der Waals surface area contributed by atoms with E-state index in [2.05, 4.69) is 9.88 Å². The lowest BCUT2D eigenvalue weighted by atomic mass is 9.95. The molecule has 0 atom stereocenters. The van der Waals surface area contributed by atoms with Crippen LogP contribution < -0.4 is 0 Å². The van der Waals surface area contributed by atoms with E-state index in [1.54, 1.807) is 0 Å². The van der Waals surface area contributed by atoms with E-state index in [1.807, 2.05) is 54.5 Å². The van der Waals surface area contributed by atoms with Crippen LogP contribution in [0.1, 0.15) is 28.8 Å². The molecule has 3 aromatic rings. The first kappa shape index (κ1) is 19.6. The zero-order chi connectivity index (χ0) is 20.2. The molecular formula is C24H28FN3O. The number of carbonyl (C=O) groups is 1. The molecule has 0 unspecified atom stereocenters. The van der Waals surface area contributed by atoms with Crippen LogP contribution in [0.15, 0.2) is 54.7 Å². The van der Waals surface area contributed by atoms with Crippen LogP contribution in [0.2, 0.25) is 0 Å². The molecule has 1 saturated heterocycles. The van der Waals surface area contributed by atoms with Crippen LogP contribution in [0.4, 0.5) is 4.39 Å². The summed E-state index contributed by atoms with van der Waals surface area (Å²) in [4.78, 5) is 20.3. The molecule has 1 aromatic heterocycles. The average molecular weight is 394 g/mol.